The van der Waals surface area contributed by atoms with E-state index in [2.05, 4.69) is 67.8 Å². The summed E-state index contributed by atoms with van der Waals surface area (Å²) in [5.41, 5.74) is 5.25. The average molecular weight is 496 g/mol. The van der Waals surface area contributed by atoms with Crippen molar-refractivity contribution in [3.8, 4) is 0 Å². The number of nitrogens with zero attached hydrogens (tertiary/aromatic N) is 2. The van der Waals surface area contributed by atoms with E-state index in [1.807, 2.05) is 0 Å². The lowest BCUT2D eigenvalue weighted by molar-refractivity contribution is 0.380. The topological polar surface area (TPSA) is 62.5 Å². The summed E-state index contributed by atoms with van der Waals surface area (Å²) in [6.45, 7) is 10.9. The number of aliphatic imine (C=N–C) groups is 1. The van der Waals surface area contributed by atoms with Crippen LogP contribution in [0.4, 0.5) is 0 Å². The van der Waals surface area contributed by atoms with Crippen LogP contribution in [0.15, 0.2) is 33.8 Å². The smallest absolute Gasteiger partial charge is 0.191 e. The molecule has 1 saturated carbocycles. The number of halogens is 1. The van der Waals surface area contributed by atoms with E-state index < -0.39 is 0 Å². The molecule has 6 heteroatoms. The Hall–Kier alpha value is -1.57. The molecule has 0 amide bonds. The highest BCUT2D eigenvalue weighted by molar-refractivity contribution is 14.0. The van der Waals surface area contributed by atoms with Crippen LogP contribution in [0.1, 0.15) is 61.8 Å². The Morgan fingerprint density at radius 3 is 2.50 bits per heavy atom. The zero-order chi connectivity index (χ0) is 19.3. The highest BCUT2D eigenvalue weighted by atomic mass is 127. The molecule has 0 saturated heterocycles. The fourth-order valence-electron chi connectivity index (χ4n) is 3.73. The van der Waals surface area contributed by atoms with Crippen molar-refractivity contribution >= 4 is 29.9 Å². The van der Waals surface area contributed by atoms with E-state index in [4.69, 9.17) is 9.52 Å². The minimum absolute atomic E-state index is 0. The van der Waals surface area contributed by atoms with Crippen LogP contribution in [0.2, 0.25) is 0 Å². The lowest BCUT2D eigenvalue weighted by Crippen LogP contribution is -2.41. The minimum atomic E-state index is 0. The Bertz CT molecular complexity index is 774. The fraction of sp³-hybridized carbons (Fsp3) is 0.545. The third-order valence-electron chi connectivity index (χ3n) is 5.51. The summed E-state index contributed by atoms with van der Waals surface area (Å²) in [6.07, 6.45) is 4.18. The number of aromatic nitrogens is 1. The van der Waals surface area contributed by atoms with Crippen molar-refractivity contribution in [1.82, 2.24) is 15.8 Å². The quantitative estimate of drug-likeness (QED) is 0.321. The van der Waals surface area contributed by atoms with Crippen LogP contribution in [0.5, 0.6) is 0 Å². The van der Waals surface area contributed by atoms with E-state index in [-0.39, 0.29) is 29.4 Å². The Morgan fingerprint density at radius 2 is 1.89 bits per heavy atom. The van der Waals surface area contributed by atoms with Gasteiger partial charge in [0.1, 0.15) is 5.76 Å². The first kappa shape index (κ1) is 22.7. The van der Waals surface area contributed by atoms with E-state index in [9.17, 15) is 0 Å². The zero-order valence-electron chi connectivity index (χ0n) is 17.5. The predicted molar refractivity (Wildman–Crippen MR) is 126 cm³/mol. The van der Waals surface area contributed by atoms with Gasteiger partial charge in [0.05, 0.1) is 12.2 Å². The number of aryl methyl sites for hydroxylation is 3. The molecule has 0 unspecified atom stereocenters. The molecule has 5 nitrogen and oxygen atoms in total. The Kier molecular flexibility index (Phi) is 8.34. The molecule has 1 aromatic heterocycles. The standard InChI is InChI=1S/C22H32N4O.HI/c1-5-19-17(20(6-2)27-26-19)14-24-21(23-7-3)25-15-22(12-13-22)18-11-9-8-10-16(18)4;/h8-11H,5-7,12-15H2,1-4H3,(H2,23,24,25);1H. The van der Waals surface area contributed by atoms with Gasteiger partial charge in [-0.25, -0.2) is 4.99 Å². The maximum absolute atomic E-state index is 5.46. The van der Waals surface area contributed by atoms with Crippen molar-refractivity contribution in [2.24, 2.45) is 4.99 Å². The van der Waals surface area contributed by atoms with E-state index in [1.54, 1.807) is 0 Å². The Labute approximate surface area is 185 Å². The molecule has 2 aromatic rings. The van der Waals surface area contributed by atoms with Crippen molar-refractivity contribution < 1.29 is 4.52 Å². The molecule has 1 aliphatic carbocycles. The molecular formula is C22H33IN4O. The molecule has 1 aliphatic rings. The maximum atomic E-state index is 5.46. The van der Waals surface area contributed by atoms with Crippen LogP contribution in [0, 0.1) is 6.92 Å². The van der Waals surface area contributed by atoms with Crippen LogP contribution in [-0.4, -0.2) is 24.2 Å². The third-order valence-corrected chi connectivity index (χ3v) is 5.51. The van der Waals surface area contributed by atoms with Crippen molar-refractivity contribution in [2.75, 3.05) is 13.1 Å². The lowest BCUT2D eigenvalue weighted by atomic mass is 9.92. The Morgan fingerprint density at radius 1 is 1.14 bits per heavy atom. The summed E-state index contributed by atoms with van der Waals surface area (Å²) < 4.78 is 5.46. The summed E-state index contributed by atoms with van der Waals surface area (Å²) >= 11 is 0. The largest absolute Gasteiger partial charge is 0.361 e. The first-order chi connectivity index (χ1) is 13.1. The molecule has 0 spiro atoms. The van der Waals surface area contributed by atoms with Crippen molar-refractivity contribution in [3.63, 3.8) is 0 Å². The minimum Gasteiger partial charge on any atom is -0.361 e. The number of rotatable bonds is 8. The van der Waals surface area contributed by atoms with Gasteiger partial charge in [-0.05, 0) is 44.2 Å². The molecule has 3 rings (SSSR count). The zero-order valence-corrected chi connectivity index (χ0v) is 19.8. The van der Waals surface area contributed by atoms with E-state index in [1.165, 1.54) is 24.0 Å². The molecule has 2 N–H and O–H groups in total. The van der Waals surface area contributed by atoms with Crippen molar-refractivity contribution in [3.05, 3.63) is 52.4 Å². The van der Waals surface area contributed by atoms with Gasteiger partial charge in [0.15, 0.2) is 5.96 Å². The van der Waals surface area contributed by atoms with Crippen LogP contribution in [-0.2, 0) is 24.8 Å². The molecule has 0 bridgehead atoms. The van der Waals surface area contributed by atoms with Crippen molar-refractivity contribution in [2.45, 2.75) is 65.3 Å². The molecule has 0 aliphatic heterocycles. The predicted octanol–water partition coefficient (Wildman–Crippen LogP) is 4.51. The molecule has 1 fully saturated rings. The fourth-order valence-corrected chi connectivity index (χ4v) is 3.73. The Balaban J connectivity index is 0.00000280. The molecule has 1 heterocycles. The van der Waals surface area contributed by atoms with Crippen LogP contribution >= 0.6 is 24.0 Å². The van der Waals surface area contributed by atoms with Gasteiger partial charge in [0.25, 0.3) is 0 Å². The second-order valence-corrected chi connectivity index (χ2v) is 7.38. The number of nitrogens with one attached hydrogen (secondary N) is 2. The summed E-state index contributed by atoms with van der Waals surface area (Å²) in [5.74, 6) is 1.81. The number of guanidine groups is 1. The molecule has 28 heavy (non-hydrogen) atoms. The number of hydrogen-bond acceptors (Lipinski definition) is 3. The number of benzene rings is 1. The number of hydrogen-bond donors (Lipinski definition) is 2. The summed E-state index contributed by atoms with van der Waals surface area (Å²) in [5, 5.41) is 11.1. The SMILES string of the molecule is CCNC(=NCc1c(CC)noc1CC)NCC1(c2ccccc2C)CC1.I. The van der Waals surface area contributed by atoms with Gasteiger partial charge in [0.2, 0.25) is 0 Å². The molecule has 154 valence electrons. The molecule has 0 atom stereocenters. The average Bonchev–Trinajstić information content (AvgIpc) is 3.36. The normalized spacial score (nSPS) is 15.1. The van der Waals surface area contributed by atoms with Crippen LogP contribution in [0.3, 0.4) is 0 Å². The second kappa shape index (κ2) is 10.3. The lowest BCUT2D eigenvalue weighted by Gasteiger charge is -2.20. The summed E-state index contributed by atoms with van der Waals surface area (Å²) in [4.78, 5) is 4.81. The monoisotopic (exact) mass is 496 g/mol. The molecule has 0 radical (unpaired) electrons. The summed E-state index contributed by atoms with van der Waals surface area (Å²) in [6, 6.07) is 8.74. The summed E-state index contributed by atoms with van der Waals surface area (Å²) in [7, 11) is 0. The van der Waals surface area contributed by atoms with Gasteiger partial charge in [-0.2, -0.15) is 0 Å². The second-order valence-electron chi connectivity index (χ2n) is 7.38. The van der Waals surface area contributed by atoms with Crippen LogP contribution in [0.25, 0.3) is 0 Å². The van der Waals surface area contributed by atoms with Crippen molar-refractivity contribution in [1.29, 1.82) is 0 Å². The van der Waals surface area contributed by atoms with Gasteiger partial charge in [-0.15, -0.1) is 24.0 Å². The van der Waals surface area contributed by atoms with Gasteiger partial charge < -0.3 is 15.2 Å². The maximum Gasteiger partial charge on any atom is 0.191 e. The van der Waals surface area contributed by atoms with Gasteiger partial charge in [0, 0.05) is 30.5 Å². The third kappa shape index (κ3) is 5.07. The first-order valence-corrected chi connectivity index (χ1v) is 10.2. The van der Waals surface area contributed by atoms with Crippen LogP contribution < -0.4 is 10.6 Å². The first-order valence-electron chi connectivity index (χ1n) is 10.2. The highest BCUT2D eigenvalue weighted by Gasteiger charge is 2.44. The van der Waals surface area contributed by atoms with E-state index in [0.717, 1.165) is 48.9 Å². The van der Waals surface area contributed by atoms with E-state index in [0.29, 0.717) is 6.54 Å². The highest BCUT2D eigenvalue weighted by Crippen LogP contribution is 2.48. The molecule has 1 aromatic carbocycles. The molecular weight excluding hydrogens is 463 g/mol. The van der Waals surface area contributed by atoms with Gasteiger partial charge in [-0.1, -0.05) is 43.3 Å². The van der Waals surface area contributed by atoms with Gasteiger partial charge >= 0.3 is 0 Å². The van der Waals surface area contributed by atoms with E-state index >= 15 is 0 Å². The van der Waals surface area contributed by atoms with Gasteiger partial charge in [-0.3, -0.25) is 0 Å².